The molecular weight excluding hydrogens is 466 g/mol. The summed E-state index contributed by atoms with van der Waals surface area (Å²) in [6.45, 7) is 7.35. The summed E-state index contributed by atoms with van der Waals surface area (Å²) in [4.78, 5) is 0. The van der Waals surface area contributed by atoms with E-state index in [1.165, 1.54) is 41.5 Å². The molecule has 27 heavy (non-hydrogen) atoms. The van der Waals surface area contributed by atoms with Gasteiger partial charge in [-0.25, -0.2) is 0 Å². The molecule has 139 valence electrons. The molecule has 2 aliphatic rings. The number of halogens is 2. The van der Waals surface area contributed by atoms with Crippen molar-refractivity contribution in [3.8, 4) is 11.1 Å². The van der Waals surface area contributed by atoms with Crippen molar-refractivity contribution < 1.29 is 49.5 Å². The summed E-state index contributed by atoms with van der Waals surface area (Å²) in [5, 5.41) is 1.82. The first-order chi connectivity index (χ1) is 12.1. The van der Waals surface area contributed by atoms with E-state index in [0.717, 1.165) is 0 Å². The van der Waals surface area contributed by atoms with Crippen molar-refractivity contribution >= 4 is 8.80 Å². The Bertz CT molecular complexity index is 853. The first-order valence-corrected chi connectivity index (χ1v) is 13.6. The Morgan fingerprint density at radius 1 is 0.926 bits per heavy atom. The summed E-state index contributed by atoms with van der Waals surface area (Å²) in [7, 11) is -0.780. The number of hydrogen-bond acceptors (Lipinski definition) is 0. The van der Waals surface area contributed by atoms with Crippen LogP contribution in [0, 0.1) is 0 Å². The van der Waals surface area contributed by atoms with Crippen LogP contribution in [0.1, 0.15) is 43.2 Å². The summed E-state index contributed by atoms with van der Waals surface area (Å²) in [6.07, 6.45) is 3.73. The summed E-state index contributed by atoms with van der Waals surface area (Å²) in [6, 6.07) is 18.2. The fraction of sp³-hybridized carbons (Fsp3) is 0.304. The maximum atomic E-state index is 2.51. The smallest absolute Gasteiger partial charge is 1.00 e. The average Bonchev–Trinajstić information content (AvgIpc) is 3.10. The Hall–Kier alpha value is -0.400. The van der Waals surface area contributed by atoms with Crippen LogP contribution >= 0.6 is 0 Å². The molecule has 0 unspecified atom stereocenters. The van der Waals surface area contributed by atoms with Gasteiger partial charge in [0.25, 0.3) is 0 Å². The van der Waals surface area contributed by atoms with Crippen LogP contribution in [0.3, 0.4) is 0 Å². The summed E-state index contributed by atoms with van der Waals surface area (Å²) < 4.78 is 1.74. The SMILES string of the molecule is CCCC1=C(C2c3ccccc3-c3ccccc32)C[C]([Zr+2])=C1[SiH](C)C.[Cl-].[Cl-]. The second-order valence-electron chi connectivity index (χ2n) is 7.59. The second-order valence-corrected chi connectivity index (χ2v) is 12.0. The largest absolute Gasteiger partial charge is 1.00 e. The zero-order chi connectivity index (χ0) is 17.6. The van der Waals surface area contributed by atoms with Crippen molar-refractivity contribution in [1.82, 2.24) is 0 Å². The molecule has 0 N–H and O–H groups in total. The minimum absolute atomic E-state index is 0. The molecular formula is C23H25Cl2SiZr. The van der Waals surface area contributed by atoms with Crippen LogP contribution < -0.4 is 24.8 Å². The van der Waals surface area contributed by atoms with Crippen molar-refractivity contribution in [2.24, 2.45) is 0 Å². The summed E-state index contributed by atoms with van der Waals surface area (Å²) in [5.41, 5.74) is 9.43. The van der Waals surface area contributed by atoms with Crippen LogP contribution in [0.2, 0.25) is 13.1 Å². The first kappa shape index (κ1) is 22.9. The van der Waals surface area contributed by atoms with E-state index in [4.69, 9.17) is 0 Å². The molecule has 0 saturated heterocycles. The van der Waals surface area contributed by atoms with Crippen LogP contribution in [-0.2, 0) is 24.7 Å². The van der Waals surface area contributed by atoms with Gasteiger partial charge in [-0.2, -0.15) is 0 Å². The molecule has 2 aromatic carbocycles. The van der Waals surface area contributed by atoms with Gasteiger partial charge in [-0.1, -0.05) is 0 Å². The molecule has 0 radical (unpaired) electrons. The predicted octanol–water partition coefficient (Wildman–Crippen LogP) is 0.134. The molecule has 0 aromatic heterocycles. The monoisotopic (exact) mass is 489 g/mol. The number of benzene rings is 2. The standard InChI is InChI=1S/C23H25Si.2ClH.Zr/c1-4-9-18-21(14-15-22(18)24(2)3)23-19-12-7-5-10-16(19)17-11-6-8-13-20(17)23;;;/h5-8,10-13,23-24H,4,9,14H2,1-3H3;2*1H;/q;;;+2/p-2. The molecule has 0 aliphatic heterocycles. The van der Waals surface area contributed by atoms with Crippen LogP contribution in [0.4, 0.5) is 0 Å². The minimum Gasteiger partial charge on any atom is -1.00 e. The zero-order valence-electron chi connectivity index (χ0n) is 16.2. The Balaban J connectivity index is 0.00000131. The number of hydrogen-bond donors (Lipinski definition) is 0. The molecule has 0 nitrogen and oxygen atoms in total. The molecule has 0 heterocycles. The molecule has 0 saturated carbocycles. The van der Waals surface area contributed by atoms with E-state index in [-0.39, 0.29) is 24.8 Å². The second kappa shape index (κ2) is 9.40. The van der Waals surface area contributed by atoms with Gasteiger partial charge in [0.15, 0.2) is 0 Å². The number of fused-ring (bicyclic) bond motifs is 3. The van der Waals surface area contributed by atoms with E-state index in [2.05, 4.69) is 68.5 Å². The third-order valence-corrected chi connectivity index (χ3v) is 9.32. The van der Waals surface area contributed by atoms with Crippen molar-refractivity contribution in [3.63, 3.8) is 0 Å². The van der Waals surface area contributed by atoms with Crippen LogP contribution in [0.15, 0.2) is 68.2 Å². The van der Waals surface area contributed by atoms with Gasteiger partial charge >= 0.3 is 169 Å². The quantitative estimate of drug-likeness (QED) is 0.534. The zero-order valence-corrected chi connectivity index (χ0v) is 21.3. The topological polar surface area (TPSA) is 0 Å². The maximum absolute atomic E-state index is 2.51. The van der Waals surface area contributed by atoms with E-state index in [1.54, 1.807) is 39.1 Å². The van der Waals surface area contributed by atoms with E-state index < -0.39 is 8.80 Å². The van der Waals surface area contributed by atoms with E-state index in [0.29, 0.717) is 5.92 Å². The van der Waals surface area contributed by atoms with Gasteiger partial charge in [0, 0.05) is 0 Å². The van der Waals surface area contributed by atoms with Gasteiger partial charge in [0.1, 0.15) is 0 Å². The first-order valence-electron chi connectivity index (χ1n) is 9.48. The molecule has 0 atom stereocenters. The molecule has 0 fully saturated rings. The predicted molar refractivity (Wildman–Crippen MR) is 106 cm³/mol. The van der Waals surface area contributed by atoms with E-state index >= 15 is 0 Å². The molecule has 4 heteroatoms. The molecule has 0 bridgehead atoms. The maximum Gasteiger partial charge on any atom is -1.00 e. The third-order valence-electron chi connectivity index (χ3n) is 5.66. The normalized spacial score (nSPS) is 15.6. The molecule has 0 amide bonds. The van der Waals surface area contributed by atoms with Gasteiger partial charge < -0.3 is 24.8 Å². The minimum atomic E-state index is -0.780. The van der Waals surface area contributed by atoms with Gasteiger partial charge in [0.2, 0.25) is 0 Å². The van der Waals surface area contributed by atoms with Crippen molar-refractivity contribution in [1.29, 1.82) is 0 Å². The molecule has 2 aromatic rings. The van der Waals surface area contributed by atoms with Gasteiger partial charge in [-0.3, -0.25) is 0 Å². The van der Waals surface area contributed by atoms with Crippen molar-refractivity contribution in [2.75, 3.05) is 0 Å². The van der Waals surface area contributed by atoms with Gasteiger partial charge in [-0.05, 0) is 0 Å². The Morgan fingerprint density at radius 3 is 1.93 bits per heavy atom. The average molecular weight is 492 g/mol. The van der Waals surface area contributed by atoms with E-state index in [1.807, 2.05) is 5.20 Å². The van der Waals surface area contributed by atoms with Crippen LogP contribution in [0.25, 0.3) is 11.1 Å². The fourth-order valence-electron chi connectivity index (χ4n) is 4.80. The Labute approximate surface area is 192 Å². The summed E-state index contributed by atoms with van der Waals surface area (Å²) >= 11 is 1.63. The molecule has 0 spiro atoms. The van der Waals surface area contributed by atoms with Gasteiger partial charge in [-0.15, -0.1) is 0 Å². The van der Waals surface area contributed by atoms with Crippen molar-refractivity contribution in [3.05, 3.63) is 79.3 Å². The number of rotatable bonds is 4. The Kier molecular flexibility index (Phi) is 7.97. The third kappa shape index (κ3) is 3.88. The van der Waals surface area contributed by atoms with Crippen LogP contribution in [-0.4, -0.2) is 8.80 Å². The van der Waals surface area contributed by atoms with Gasteiger partial charge in [0.05, 0.1) is 0 Å². The fourth-order valence-corrected chi connectivity index (χ4v) is 9.59. The Morgan fingerprint density at radius 2 is 1.44 bits per heavy atom. The summed E-state index contributed by atoms with van der Waals surface area (Å²) in [5.74, 6) is 0.481. The number of allylic oxidation sites excluding steroid dienone is 4. The van der Waals surface area contributed by atoms with E-state index in [9.17, 15) is 0 Å². The molecule has 4 rings (SSSR count). The van der Waals surface area contributed by atoms with Crippen LogP contribution in [0.5, 0.6) is 0 Å². The van der Waals surface area contributed by atoms with Crippen molar-refractivity contribution in [2.45, 2.75) is 45.2 Å². The molecule has 2 aliphatic carbocycles.